The zero-order valence-electron chi connectivity index (χ0n) is 14.3. The first-order valence-corrected chi connectivity index (χ1v) is 9.38. The number of nitrogens with zero attached hydrogens (tertiary/aromatic N) is 2. The molecule has 1 aliphatic heterocycles. The highest BCUT2D eigenvalue weighted by atomic mass is 32.2. The molecule has 6 nitrogen and oxygen atoms in total. The summed E-state index contributed by atoms with van der Waals surface area (Å²) in [6.45, 7) is 7.76. The molecule has 1 aromatic carbocycles. The van der Waals surface area contributed by atoms with E-state index in [1.165, 1.54) is 4.31 Å². The molecule has 2 heterocycles. The van der Waals surface area contributed by atoms with Crippen LogP contribution in [0.5, 0.6) is 0 Å². The molecule has 0 aliphatic carbocycles. The average Bonchev–Trinajstić information content (AvgIpc) is 2.87. The van der Waals surface area contributed by atoms with Crippen LogP contribution in [0.15, 0.2) is 33.7 Å². The van der Waals surface area contributed by atoms with Gasteiger partial charge in [-0.3, -0.25) is 0 Å². The SMILES string of the molecule is Cc1ccc(C2CN(S(=O)(=O)c3c(C)noc3C)CC(C)O2)cc1. The summed E-state index contributed by atoms with van der Waals surface area (Å²) >= 11 is 0. The van der Waals surface area contributed by atoms with Crippen molar-refractivity contribution in [1.29, 1.82) is 0 Å². The van der Waals surface area contributed by atoms with Crippen LogP contribution in [0.1, 0.15) is 35.6 Å². The van der Waals surface area contributed by atoms with Gasteiger partial charge in [-0.1, -0.05) is 35.0 Å². The minimum absolute atomic E-state index is 0.166. The fourth-order valence-corrected chi connectivity index (χ4v) is 4.85. The molecule has 1 saturated heterocycles. The van der Waals surface area contributed by atoms with Gasteiger partial charge in [-0.2, -0.15) is 4.31 Å². The molecule has 0 radical (unpaired) electrons. The molecule has 1 fully saturated rings. The summed E-state index contributed by atoms with van der Waals surface area (Å²) in [5, 5.41) is 3.77. The molecule has 0 spiro atoms. The molecule has 0 bridgehead atoms. The zero-order valence-corrected chi connectivity index (χ0v) is 15.1. The van der Waals surface area contributed by atoms with E-state index < -0.39 is 10.0 Å². The van der Waals surface area contributed by atoms with Crippen molar-refractivity contribution >= 4 is 10.0 Å². The maximum absolute atomic E-state index is 13.0. The minimum Gasteiger partial charge on any atom is -0.368 e. The minimum atomic E-state index is -3.66. The molecule has 2 aromatic rings. The second-order valence-corrected chi connectivity index (χ2v) is 8.20. The van der Waals surface area contributed by atoms with E-state index in [2.05, 4.69) is 5.16 Å². The first kappa shape index (κ1) is 17.1. The summed E-state index contributed by atoms with van der Waals surface area (Å²) in [6.07, 6.45) is -0.482. The third kappa shape index (κ3) is 3.11. The highest BCUT2D eigenvalue weighted by molar-refractivity contribution is 7.89. The van der Waals surface area contributed by atoms with E-state index in [1.807, 2.05) is 38.1 Å². The van der Waals surface area contributed by atoms with E-state index in [1.54, 1.807) is 13.8 Å². The molecule has 0 N–H and O–H groups in total. The van der Waals surface area contributed by atoms with Crippen LogP contribution >= 0.6 is 0 Å². The monoisotopic (exact) mass is 350 g/mol. The Morgan fingerprint density at radius 2 is 1.79 bits per heavy atom. The van der Waals surface area contributed by atoms with Crippen LogP contribution in [0.25, 0.3) is 0 Å². The number of ether oxygens (including phenoxy) is 1. The zero-order chi connectivity index (χ0) is 17.5. The van der Waals surface area contributed by atoms with Gasteiger partial charge in [-0.15, -0.1) is 0 Å². The van der Waals surface area contributed by atoms with Crippen LogP contribution in [0.4, 0.5) is 0 Å². The van der Waals surface area contributed by atoms with E-state index in [0.29, 0.717) is 18.0 Å². The van der Waals surface area contributed by atoms with Gasteiger partial charge in [0, 0.05) is 13.1 Å². The Morgan fingerprint density at radius 1 is 1.12 bits per heavy atom. The maximum Gasteiger partial charge on any atom is 0.248 e. The summed E-state index contributed by atoms with van der Waals surface area (Å²) < 4.78 is 38.6. The van der Waals surface area contributed by atoms with Crippen LogP contribution in [-0.4, -0.2) is 37.1 Å². The molecule has 0 amide bonds. The lowest BCUT2D eigenvalue weighted by atomic mass is 10.1. The van der Waals surface area contributed by atoms with Gasteiger partial charge in [-0.05, 0) is 33.3 Å². The predicted molar refractivity (Wildman–Crippen MR) is 89.2 cm³/mol. The number of morpholine rings is 1. The number of hydrogen-bond donors (Lipinski definition) is 0. The fourth-order valence-electron chi connectivity index (χ4n) is 3.05. The largest absolute Gasteiger partial charge is 0.368 e. The highest BCUT2D eigenvalue weighted by Crippen LogP contribution is 2.31. The Kier molecular flexibility index (Phi) is 4.50. The Bertz CT molecular complexity index is 807. The summed E-state index contributed by atoms with van der Waals surface area (Å²) in [5.41, 5.74) is 2.52. The molecule has 1 aliphatic rings. The van der Waals surface area contributed by atoms with Crippen molar-refractivity contribution in [2.24, 2.45) is 0 Å². The number of aromatic nitrogens is 1. The number of rotatable bonds is 3. The summed E-state index contributed by atoms with van der Waals surface area (Å²) in [4.78, 5) is 0.166. The van der Waals surface area contributed by atoms with Gasteiger partial charge in [0.15, 0.2) is 5.76 Å². The lowest BCUT2D eigenvalue weighted by molar-refractivity contribution is -0.0557. The van der Waals surface area contributed by atoms with Crippen molar-refractivity contribution in [2.75, 3.05) is 13.1 Å². The van der Waals surface area contributed by atoms with Crippen molar-refractivity contribution in [3.63, 3.8) is 0 Å². The molecule has 2 unspecified atom stereocenters. The smallest absolute Gasteiger partial charge is 0.248 e. The van der Waals surface area contributed by atoms with Crippen molar-refractivity contribution in [3.05, 3.63) is 46.8 Å². The lowest BCUT2D eigenvalue weighted by Crippen LogP contribution is -2.46. The molecular formula is C17H22N2O4S. The molecule has 0 saturated carbocycles. The molecule has 1 aromatic heterocycles. The number of sulfonamides is 1. The van der Waals surface area contributed by atoms with Gasteiger partial charge in [-0.25, -0.2) is 8.42 Å². The van der Waals surface area contributed by atoms with Crippen molar-refractivity contribution in [2.45, 2.75) is 44.8 Å². The third-order valence-corrected chi connectivity index (χ3v) is 6.32. The quantitative estimate of drug-likeness (QED) is 0.851. The Labute approximate surface area is 142 Å². The van der Waals surface area contributed by atoms with Gasteiger partial charge in [0.2, 0.25) is 10.0 Å². The second kappa shape index (κ2) is 6.31. The number of aryl methyl sites for hydroxylation is 3. The van der Waals surface area contributed by atoms with Crippen LogP contribution in [0, 0.1) is 20.8 Å². The van der Waals surface area contributed by atoms with Crippen LogP contribution in [-0.2, 0) is 14.8 Å². The predicted octanol–water partition coefficient (Wildman–Crippen LogP) is 2.75. The van der Waals surface area contributed by atoms with Crippen LogP contribution < -0.4 is 0 Å². The molecule has 7 heteroatoms. The highest BCUT2D eigenvalue weighted by Gasteiger charge is 2.37. The Hall–Kier alpha value is -1.70. The molecule has 24 heavy (non-hydrogen) atoms. The van der Waals surface area contributed by atoms with E-state index >= 15 is 0 Å². The maximum atomic E-state index is 13.0. The molecular weight excluding hydrogens is 328 g/mol. The normalized spacial score (nSPS) is 22.7. The van der Waals surface area contributed by atoms with E-state index in [9.17, 15) is 8.42 Å². The van der Waals surface area contributed by atoms with Gasteiger partial charge in [0.1, 0.15) is 10.6 Å². The standard InChI is InChI=1S/C17H22N2O4S/c1-11-5-7-15(8-6-11)16-10-19(9-12(2)22-16)24(20,21)17-13(3)18-23-14(17)4/h5-8,12,16H,9-10H2,1-4H3. The number of hydrogen-bond acceptors (Lipinski definition) is 5. The van der Waals surface area contributed by atoms with Crippen molar-refractivity contribution in [3.8, 4) is 0 Å². The first-order chi connectivity index (χ1) is 11.3. The van der Waals surface area contributed by atoms with Crippen LogP contribution in [0.3, 0.4) is 0 Å². The topological polar surface area (TPSA) is 72.6 Å². The van der Waals surface area contributed by atoms with Gasteiger partial charge >= 0.3 is 0 Å². The Morgan fingerprint density at radius 3 is 2.38 bits per heavy atom. The average molecular weight is 350 g/mol. The van der Waals surface area contributed by atoms with Gasteiger partial charge in [0.05, 0.1) is 12.2 Å². The van der Waals surface area contributed by atoms with E-state index in [0.717, 1.165) is 11.1 Å². The summed E-state index contributed by atoms with van der Waals surface area (Å²) in [7, 11) is -3.66. The third-order valence-electron chi connectivity index (χ3n) is 4.24. The van der Waals surface area contributed by atoms with Crippen molar-refractivity contribution < 1.29 is 17.7 Å². The first-order valence-electron chi connectivity index (χ1n) is 7.94. The van der Waals surface area contributed by atoms with Gasteiger partial charge < -0.3 is 9.26 Å². The Balaban J connectivity index is 1.92. The van der Waals surface area contributed by atoms with Gasteiger partial charge in [0.25, 0.3) is 0 Å². The summed E-state index contributed by atoms with van der Waals surface area (Å²) in [6, 6.07) is 7.98. The van der Waals surface area contributed by atoms with E-state index in [4.69, 9.17) is 9.26 Å². The van der Waals surface area contributed by atoms with Crippen LogP contribution in [0.2, 0.25) is 0 Å². The summed E-state index contributed by atoms with van der Waals surface area (Å²) in [5.74, 6) is 0.318. The molecule has 2 atom stereocenters. The van der Waals surface area contributed by atoms with Crippen molar-refractivity contribution in [1.82, 2.24) is 9.46 Å². The molecule has 130 valence electrons. The number of benzene rings is 1. The molecule has 3 rings (SSSR count). The second-order valence-electron chi connectivity index (χ2n) is 6.32. The van der Waals surface area contributed by atoms with E-state index in [-0.39, 0.29) is 23.6 Å². The lowest BCUT2D eigenvalue weighted by Gasteiger charge is -2.36. The fraction of sp³-hybridized carbons (Fsp3) is 0.471.